The third-order valence-electron chi connectivity index (χ3n) is 2.45. The zero-order valence-electron chi connectivity index (χ0n) is 9.93. The van der Waals surface area contributed by atoms with Crippen LogP contribution in [0.2, 0.25) is 0 Å². The van der Waals surface area contributed by atoms with Crippen LogP contribution < -0.4 is 10.6 Å². The summed E-state index contributed by atoms with van der Waals surface area (Å²) in [5.74, 6) is -1.49. The molecule has 0 aliphatic rings. The predicted molar refractivity (Wildman–Crippen MR) is 65.2 cm³/mol. The number of aryl methyl sites for hydroxylation is 1. The fourth-order valence-electron chi connectivity index (χ4n) is 1.64. The molecule has 3 N–H and O–H groups in total. The Bertz CT molecular complexity index is 443. The largest absolute Gasteiger partial charge is 0.478 e. The quantitative estimate of drug-likeness (QED) is 0.799. The Balaban J connectivity index is 3.20. The smallest absolute Gasteiger partial charge is 0.337 e. The molecule has 0 aliphatic carbocycles. The number of hydrogen-bond acceptors (Lipinski definition) is 3. The number of amides is 1. The minimum absolute atomic E-state index is 0.0141. The highest BCUT2D eigenvalue weighted by molar-refractivity contribution is 5.95. The predicted octanol–water partition coefficient (Wildman–Crippen LogP) is 1.00. The van der Waals surface area contributed by atoms with Crippen LogP contribution in [0.4, 0.5) is 5.69 Å². The third-order valence-corrected chi connectivity index (χ3v) is 2.45. The van der Waals surface area contributed by atoms with Crippen molar-refractivity contribution in [1.29, 1.82) is 0 Å². The van der Waals surface area contributed by atoms with Crippen LogP contribution in [-0.2, 0) is 4.79 Å². The molecule has 0 bridgehead atoms. The van der Waals surface area contributed by atoms with Gasteiger partial charge in [-0.05, 0) is 31.5 Å². The van der Waals surface area contributed by atoms with Gasteiger partial charge in [0.25, 0.3) is 0 Å². The lowest BCUT2D eigenvalue weighted by atomic mass is 10.1. The number of nitrogens with zero attached hydrogens (tertiary/aromatic N) is 1. The van der Waals surface area contributed by atoms with Crippen LogP contribution in [0.3, 0.4) is 0 Å². The van der Waals surface area contributed by atoms with Gasteiger partial charge in [-0.25, -0.2) is 4.79 Å². The number of rotatable bonds is 5. The van der Waals surface area contributed by atoms with E-state index in [1.54, 1.807) is 17.0 Å². The molecule has 0 radical (unpaired) electrons. The van der Waals surface area contributed by atoms with Crippen molar-refractivity contribution >= 4 is 17.6 Å². The average Bonchev–Trinajstić information content (AvgIpc) is 2.25. The van der Waals surface area contributed by atoms with E-state index in [2.05, 4.69) is 0 Å². The highest BCUT2D eigenvalue weighted by atomic mass is 16.4. The second kappa shape index (κ2) is 5.34. The molecule has 1 aromatic rings. The molecule has 1 amide bonds. The van der Waals surface area contributed by atoms with E-state index in [0.717, 1.165) is 5.56 Å². The summed E-state index contributed by atoms with van der Waals surface area (Å²) in [6, 6.07) is 5.01. The van der Waals surface area contributed by atoms with E-state index in [1.807, 2.05) is 13.8 Å². The maximum absolute atomic E-state index is 11.1. The van der Waals surface area contributed by atoms with Gasteiger partial charge in [0.15, 0.2) is 0 Å². The molecule has 0 saturated carbocycles. The number of aromatic carboxylic acids is 1. The van der Waals surface area contributed by atoms with E-state index in [9.17, 15) is 9.59 Å². The van der Waals surface area contributed by atoms with Crippen LogP contribution >= 0.6 is 0 Å². The number of anilines is 1. The van der Waals surface area contributed by atoms with E-state index in [0.29, 0.717) is 12.2 Å². The number of nitrogens with two attached hydrogens (primary N) is 1. The first kappa shape index (κ1) is 13.0. The monoisotopic (exact) mass is 236 g/mol. The van der Waals surface area contributed by atoms with Crippen molar-refractivity contribution in [2.45, 2.75) is 13.8 Å². The van der Waals surface area contributed by atoms with Crippen molar-refractivity contribution in [2.24, 2.45) is 5.73 Å². The summed E-state index contributed by atoms with van der Waals surface area (Å²) < 4.78 is 0. The molecule has 17 heavy (non-hydrogen) atoms. The highest BCUT2D eigenvalue weighted by Crippen LogP contribution is 2.22. The summed E-state index contributed by atoms with van der Waals surface area (Å²) in [4.78, 5) is 23.7. The SMILES string of the molecule is CCN(CC(N)=O)c1cc(C)ccc1C(=O)O. The van der Waals surface area contributed by atoms with Crippen molar-refractivity contribution in [3.05, 3.63) is 29.3 Å². The van der Waals surface area contributed by atoms with Crippen molar-refractivity contribution in [3.63, 3.8) is 0 Å². The van der Waals surface area contributed by atoms with Crippen molar-refractivity contribution in [3.8, 4) is 0 Å². The molecule has 1 rings (SSSR count). The number of primary amides is 1. The first-order chi connectivity index (χ1) is 7.95. The number of likely N-dealkylation sites (N-methyl/N-ethyl adjacent to an activating group) is 1. The van der Waals surface area contributed by atoms with E-state index in [4.69, 9.17) is 10.8 Å². The van der Waals surface area contributed by atoms with Gasteiger partial charge in [0, 0.05) is 6.54 Å². The minimum Gasteiger partial charge on any atom is -0.478 e. The number of hydrogen-bond donors (Lipinski definition) is 2. The summed E-state index contributed by atoms with van der Waals surface area (Å²) in [5.41, 5.74) is 6.79. The molecule has 0 spiro atoms. The Kier molecular flexibility index (Phi) is 4.09. The molecule has 0 atom stereocenters. The standard InChI is InChI=1S/C12H16N2O3/c1-3-14(7-11(13)15)10-6-8(2)4-5-9(10)12(16)17/h4-6H,3,7H2,1-2H3,(H2,13,15)(H,16,17). The summed E-state index contributed by atoms with van der Waals surface area (Å²) >= 11 is 0. The Morgan fingerprint density at radius 1 is 1.41 bits per heavy atom. The van der Waals surface area contributed by atoms with Gasteiger partial charge in [-0.1, -0.05) is 6.07 Å². The van der Waals surface area contributed by atoms with Crippen LogP contribution in [0.1, 0.15) is 22.8 Å². The molecule has 1 aromatic carbocycles. The lowest BCUT2D eigenvalue weighted by Crippen LogP contribution is -2.34. The molecule has 0 unspecified atom stereocenters. The molecule has 5 nitrogen and oxygen atoms in total. The molecular formula is C12H16N2O3. The van der Waals surface area contributed by atoms with Crippen LogP contribution in [0.25, 0.3) is 0 Å². The van der Waals surface area contributed by atoms with Crippen LogP contribution in [0.15, 0.2) is 18.2 Å². The summed E-state index contributed by atoms with van der Waals surface area (Å²) in [7, 11) is 0. The van der Waals surface area contributed by atoms with Gasteiger partial charge in [0.1, 0.15) is 0 Å². The van der Waals surface area contributed by atoms with Gasteiger partial charge >= 0.3 is 5.97 Å². The fraction of sp³-hybridized carbons (Fsp3) is 0.333. The van der Waals surface area contributed by atoms with Gasteiger partial charge < -0.3 is 15.7 Å². The lowest BCUT2D eigenvalue weighted by molar-refractivity contribution is -0.116. The van der Waals surface area contributed by atoms with E-state index < -0.39 is 11.9 Å². The zero-order valence-corrected chi connectivity index (χ0v) is 9.93. The normalized spacial score (nSPS) is 10.0. The number of carbonyl (C=O) groups is 2. The molecule has 5 heteroatoms. The van der Waals surface area contributed by atoms with Crippen molar-refractivity contribution in [1.82, 2.24) is 0 Å². The summed E-state index contributed by atoms with van der Waals surface area (Å²) in [6.07, 6.45) is 0. The van der Waals surface area contributed by atoms with Gasteiger partial charge in [-0.15, -0.1) is 0 Å². The van der Waals surface area contributed by atoms with Gasteiger partial charge in [-0.3, -0.25) is 4.79 Å². The number of carboxylic acid groups (broad SMARTS) is 1. The van der Waals surface area contributed by atoms with E-state index >= 15 is 0 Å². The molecule has 0 saturated heterocycles. The fourth-order valence-corrected chi connectivity index (χ4v) is 1.64. The van der Waals surface area contributed by atoms with Gasteiger partial charge in [-0.2, -0.15) is 0 Å². The zero-order chi connectivity index (χ0) is 13.0. The Morgan fingerprint density at radius 3 is 2.53 bits per heavy atom. The van der Waals surface area contributed by atoms with Gasteiger partial charge in [0.05, 0.1) is 17.8 Å². The van der Waals surface area contributed by atoms with Crippen LogP contribution in [0, 0.1) is 6.92 Å². The van der Waals surface area contributed by atoms with Gasteiger partial charge in [0.2, 0.25) is 5.91 Å². The minimum atomic E-state index is -1.01. The Labute approximate surface area is 99.8 Å². The Morgan fingerprint density at radius 2 is 2.06 bits per heavy atom. The first-order valence-electron chi connectivity index (χ1n) is 5.33. The van der Waals surface area contributed by atoms with Crippen LogP contribution in [0.5, 0.6) is 0 Å². The van der Waals surface area contributed by atoms with Crippen molar-refractivity contribution < 1.29 is 14.7 Å². The van der Waals surface area contributed by atoms with Crippen LogP contribution in [-0.4, -0.2) is 30.1 Å². The van der Waals surface area contributed by atoms with E-state index in [-0.39, 0.29) is 12.1 Å². The number of carboxylic acids is 1. The van der Waals surface area contributed by atoms with Crippen molar-refractivity contribution in [2.75, 3.05) is 18.0 Å². The average molecular weight is 236 g/mol. The second-order valence-electron chi connectivity index (χ2n) is 3.81. The second-order valence-corrected chi connectivity index (χ2v) is 3.81. The molecule has 0 heterocycles. The maximum atomic E-state index is 11.1. The third kappa shape index (κ3) is 3.21. The summed E-state index contributed by atoms with van der Waals surface area (Å²) in [5, 5.41) is 9.09. The van der Waals surface area contributed by atoms with E-state index in [1.165, 1.54) is 6.07 Å². The number of carbonyl (C=O) groups excluding carboxylic acids is 1. The lowest BCUT2D eigenvalue weighted by Gasteiger charge is -2.23. The number of benzene rings is 1. The first-order valence-corrected chi connectivity index (χ1v) is 5.33. The summed E-state index contributed by atoms with van der Waals surface area (Å²) in [6.45, 7) is 4.25. The molecule has 0 aromatic heterocycles. The molecule has 0 fully saturated rings. The maximum Gasteiger partial charge on any atom is 0.337 e. The molecular weight excluding hydrogens is 220 g/mol. The molecule has 0 aliphatic heterocycles. The Hall–Kier alpha value is -2.04. The highest BCUT2D eigenvalue weighted by Gasteiger charge is 2.16. The molecule has 92 valence electrons. The topological polar surface area (TPSA) is 83.6 Å².